The molecule has 0 aromatic heterocycles. The number of rotatable bonds is 21. The molecule has 0 aliphatic rings. The van der Waals surface area contributed by atoms with Crippen molar-refractivity contribution in [2.45, 2.75) is 117 Å². The lowest BCUT2D eigenvalue weighted by molar-refractivity contribution is -0.156. The maximum absolute atomic E-state index is 14.6. The Kier molecular flexibility index (Phi) is 17.6. The van der Waals surface area contributed by atoms with Crippen LogP contribution in [-0.2, 0) is 53.0 Å². The van der Waals surface area contributed by atoms with Crippen molar-refractivity contribution in [1.82, 2.24) is 10.6 Å². The summed E-state index contributed by atoms with van der Waals surface area (Å²) in [5, 5.41) is 5.28. The molecule has 13 heteroatoms. The summed E-state index contributed by atoms with van der Waals surface area (Å²) in [5.74, 6) is -2.76. The van der Waals surface area contributed by atoms with E-state index >= 15 is 0 Å². The third-order valence-electron chi connectivity index (χ3n) is 8.70. The van der Waals surface area contributed by atoms with Gasteiger partial charge >= 0.3 is 18.2 Å². The number of Topliss-reactive ketones (excluding diaryl/α,β-unsaturated/α-hetero) is 2. The Morgan fingerprint density at radius 2 is 1.36 bits per heavy atom. The van der Waals surface area contributed by atoms with E-state index in [0.29, 0.717) is 12.8 Å². The smallest absolute Gasteiger partial charge is 0.408 e. The number of ketones is 2. The van der Waals surface area contributed by atoms with Crippen LogP contribution in [0, 0.1) is 17.0 Å². The number of nitrogens with one attached hydrogen (secondary N) is 2. The number of esters is 1. The summed E-state index contributed by atoms with van der Waals surface area (Å²) in [6, 6.07) is 19.3. The largest absolute Gasteiger partial charge is 0.452 e. The predicted molar refractivity (Wildman–Crippen MR) is 205 cm³/mol. The molecule has 0 aliphatic carbocycles. The molecule has 304 valence electrons. The number of benzene rings is 3. The lowest BCUT2D eigenvalue weighted by Crippen LogP contribution is -2.52. The number of carbonyl (C=O) groups is 5. The summed E-state index contributed by atoms with van der Waals surface area (Å²) in [5.41, 5.74) is 0.214. The van der Waals surface area contributed by atoms with Gasteiger partial charge in [-0.1, -0.05) is 74.5 Å². The Labute approximate surface area is 327 Å². The fourth-order valence-corrected chi connectivity index (χ4v) is 5.75. The Balaban J connectivity index is 1.65. The highest BCUT2D eigenvalue weighted by Crippen LogP contribution is 2.30. The molecule has 3 aromatic carbocycles. The minimum atomic E-state index is -1.38. The van der Waals surface area contributed by atoms with Crippen LogP contribution in [0.5, 0.6) is 0 Å². The molecule has 2 amide bonds. The van der Waals surface area contributed by atoms with E-state index in [0.717, 1.165) is 29.3 Å². The van der Waals surface area contributed by atoms with E-state index in [2.05, 4.69) is 10.6 Å². The number of carbonyl (C=O) groups excluding carboxylic acids is 5. The Morgan fingerprint density at radius 1 is 0.750 bits per heavy atom. The van der Waals surface area contributed by atoms with Crippen molar-refractivity contribution in [3.8, 4) is 0 Å². The standard InChI is InChI=1S/C43H54F2N2O9/c1-29(48)55-39(37(47-41(52)56-42(2,3)4)28-53-26-30-13-9-7-10-14-30)38(50)20-22-43(5,6)21-19-35(49)25-34(24-32-23-33(44)17-18-36(32)45)46-40(51)54-27-31-15-11-8-12-16-31/h7-18,23,34,37,39H,19-22,24-28H2,1-6H3,(H,46,51)(H,47,52)/t34?,37-,39+/m1/s1. The molecule has 0 aliphatic heterocycles. The second-order valence-electron chi connectivity index (χ2n) is 15.5. The van der Waals surface area contributed by atoms with E-state index < -0.39 is 64.8 Å². The second-order valence-corrected chi connectivity index (χ2v) is 15.5. The van der Waals surface area contributed by atoms with Gasteiger partial charge in [-0.15, -0.1) is 0 Å². The minimum Gasteiger partial charge on any atom is -0.452 e. The number of amides is 2. The van der Waals surface area contributed by atoms with E-state index in [1.165, 1.54) is 6.92 Å². The summed E-state index contributed by atoms with van der Waals surface area (Å²) in [6.45, 7) is 10.00. The fraction of sp³-hybridized carbons (Fsp3) is 0.465. The first-order valence-corrected chi connectivity index (χ1v) is 18.6. The van der Waals surface area contributed by atoms with Crippen LogP contribution in [0.15, 0.2) is 78.9 Å². The van der Waals surface area contributed by atoms with Crippen LogP contribution in [0.4, 0.5) is 18.4 Å². The molecule has 0 fully saturated rings. The first-order chi connectivity index (χ1) is 26.4. The van der Waals surface area contributed by atoms with Gasteiger partial charge in [-0.05, 0) is 80.3 Å². The molecule has 0 saturated heterocycles. The van der Waals surface area contributed by atoms with Crippen LogP contribution in [0.25, 0.3) is 0 Å². The maximum Gasteiger partial charge on any atom is 0.408 e. The lowest BCUT2D eigenvalue weighted by Gasteiger charge is -2.29. The first kappa shape index (κ1) is 45.2. The van der Waals surface area contributed by atoms with Crippen molar-refractivity contribution >= 4 is 29.7 Å². The van der Waals surface area contributed by atoms with Crippen molar-refractivity contribution < 1.29 is 51.7 Å². The van der Waals surface area contributed by atoms with Gasteiger partial charge in [-0.2, -0.15) is 0 Å². The van der Waals surface area contributed by atoms with E-state index in [4.69, 9.17) is 18.9 Å². The van der Waals surface area contributed by atoms with Crippen LogP contribution in [0.2, 0.25) is 0 Å². The van der Waals surface area contributed by atoms with Crippen LogP contribution in [-0.4, -0.2) is 60.1 Å². The van der Waals surface area contributed by atoms with Crippen LogP contribution in [0.3, 0.4) is 0 Å². The van der Waals surface area contributed by atoms with E-state index in [1.807, 2.05) is 50.2 Å². The molecule has 3 aromatic rings. The number of halogens is 2. The van der Waals surface area contributed by atoms with Crippen molar-refractivity contribution in [2.75, 3.05) is 6.61 Å². The molecule has 0 spiro atoms. The van der Waals surface area contributed by atoms with Gasteiger partial charge in [0.05, 0.1) is 19.3 Å². The van der Waals surface area contributed by atoms with Gasteiger partial charge in [0.25, 0.3) is 0 Å². The fourth-order valence-electron chi connectivity index (χ4n) is 5.75. The van der Waals surface area contributed by atoms with Gasteiger partial charge in [0, 0.05) is 32.2 Å². The number of ether oxygens (including phenoxy) is 4. The van der Waals surface area contributed by atoms with E-state index in [1.54, 1.807) is 45.0 Å². The average Bonchev–Trinajstić information content (AvgIpc) is 3.12. The highest BCUT2D eigenvalue weighted by molar-refractivity contribution is 5.87. The molecule has 0 heterocycles. The van der Waals surface area contributed by atoms with Crippen molar-refractivity contribution in [3.05, 3.63) is 107 Å². The molecule has 3 rings (SSSR count). The van der Waals surface area contributed by atoms with Crippen LogP contribution < -0.4 is 10.6 Å². The molecule has 11 nitrogen and oxygen atoms in total. The highest BCUT2D eigenvalue weighted by atomic mass is 19.1. The zero-order valence-corrected chi connectivity index (χ0v) is 33.0. The average molecular weight is 781 g/mol. The quantitative estimate of drug-likeness (QED) is 0.0812. The molecular weight excluding hydrogens is 726 g/mol. The predicted octanol–water partition coefficient (Wildman–Crippen LogP) is 7.96. The van der Waals surface area contributed by atoms with Crippen LogP contribution >= 0.6 is 0 Å². The van der Waals surface area contributed by atoms with Gasteiger partial charge < -0.3 is 29.6 Å². The van der Waals surface area contributed by atoms with Gasteiger partial charge in [0.15, 0.2) is 11.9 Å². The van der Waals surface area contributed by atoms with Crippen molar-refractivity contribution in [2.24, 2.45) is 5.41 Å². The van der Waals surface area contributed by atoms with Gasteiger partial charge in [0.2, 0.25) is 0 Å². The number of alkyl carbamates (subject to hydrolysis) is 2. The minimum absolute atomic E-state index is 0.00253. The molecule has 1 unspecified atom stereocenters. The molecular formula is C43H54F2N2O9. The SMILES string of the molecule is CC(=O)O[C@H](C(=O)CCC(C)(C)CCC(=O)CC(Cc1cc(F)ccc1F)NC(=O)OCc1ccccc1)[C@@H](COCc1ccccc1)NC(=O)OC(C)(C)C. The summed E-state index contributed by atoms with van der Waals surface area (Å²) in [4.78, 5) is 64.7. The first-order valence-electron chi connectivity index (χ1n) is 18.6. The Bertz CT molecular complexity index is 1750. The topological polar surface area (TPSA) is 146 Å². The summed E-state index contributed by atoms with van der Waals surface area (Å²) >= 11 is 0. The molecule has 0 bridgehead atoms. The zero-order chi connectivity index (χ0) is 41.3. The normalized spacial score (nSPS) is 13.1. The Hall–Kier alpha value is -5.17. The molecule has 3 atom stereocenters. The molecule has 56 heavy (non-hydrogen) atoms. The van der Waals surface area contributed by atoms with Crippen molar-refractivity contribution in [1.29, 1.82) is 0 Å². The zero-order valence-electron chi connectivity index (χ0n) is 33.0. The van der Waals surface area contributed by atoms with Gasteiger partial charge in [0.1, 0.15) is 29.6 Å². The van der Waals surface area contributed by atoms with Crippen molar-refractivity contribution in [3.63, 3.8) is 0 Å². The lowest BCUT2D eigenvalue weighted by atomic mass is 9.81. The van der Waals surface area contributed by atoms with E-state index in [9.17, 15) is 32.8 Å². The Morgan fingerprint density at radius 3 is 1.96 bits per heavy atom. The number of hydrogen-bond donors (Lipinski definition) is 2. The number of hydrogen-bond acceptors (Lipinski definition) is 9. The summed E-state index contributed by atoms with van der Waals surface area (Å²) in [7, 11) is 0. The third-order valence-corrected chi connectivity index (χ3v) is 8.70. The molecule has 2 N–H and O–H groups in total. The maximum atomic E-state index is 14.6. The summed E-state index contributed by atoms with van der Waals surface area (Å²) < 4.78 is 50.6. The monoisotopic (exact) mass is 780 g/mol. The molecule has 0 saturated carbocycles. The second kappa shape index (κ2) is 21.8. The summed E-state index contributed by atoms with van der Waals surface area (Å²) in [6.07, 6.45) is -2.69. The third kappa shape index (κ3) is 17.5. The van der Waals surface area contributed by atoms with Gasteiger partial charge in [-0.3, -0.25) is 14.4 Å². The van der Waals surface area contributed by atoms with E-state index in [-0.39, 0.29) is 56.9 Å². The van der Waals surface area contributed by atoms with Crippen LogP contribution in [0.1, 0.15) is 90.3 Å². The highest BCUT2D eigenvalue weighted by Gasteiger charge is 2.35. The van der Waals surface area contributed by atoms with Gasteiger partial charge in [-0.25, -0.2) is 18.4 Å². The molecule has 0 radical (unpaired) electrons.